The van der Waals surface area contributed by atoms with Crippen LogP contribution >= 0.6 is 0 Å². The predicted octanol–water partition coefficient (Wildman–Crippen LogP) is 4.43. The van der Waals surface area contributed by atoms with Crippen LogP contribution < -0.4 is 10.1 Å². The molecule has 0 spiro atoms. The summed E-state index contributed by atoms with van der Waals surface area (Å²) in [6.45, 7) is -0.0415. The molecule has 0 saturated carbocycles. The van der Waals surface area contributed by atoms with Crippen LogP contribution in [0.4, 0.5) is 0 Å². The second-order valence-corrected chi connectivity index (χ2v) is 7.84. The molecule has 0 aliphatic carbocycles. The van der Waals surface area contributed by atoms with Crippen LogP contribution in [0.2, 0.25) is 0 Å². The second kappa shape index (κ2) is 10.5. The number of hydrogen-bond donors (Lipinski definition) is 3. The molecule has 0 atom stereocenters. The highest BCUT2D eigenvalue weighted by Crippen LogP contribution is 2.33. The van der Waals surface area contributed by atoms with Gasteiger partial charge >= 0.3 is 5.97 Å². The number of nitrogens with one attached hydrogen (secondary N) is 1. The minimum Gasteiger partial charge on any atom is -0.506 e. The first-order valence-corrected chi connectivity index (χ1v) is 10.9. The van der Waals surface area contributed by atoms with Gasteiger partial charge in [0, 0.05) is 23.7 Å². The van der Waals surface area contributed by atoms with E-state index >= 15 is 0 Å². The molecular weight excluding hydrogens is 432 g/mol. The van der Waals surface area contributed by atoms with Gasteiger partial charge in [0.2, 0.25) is 0 Å². The Morgan fingerprint density at radius 1 is 0.941 bits per heavy atom. The first kappa shape index (κ1) is 22.8. The van der Waals surface area contributed by atoms with Crippen molar-refractivity contribution in [3.05, 3.63) is 90.1 Å². The van der Waals surface area contributed by atoms with E-state index in [9.17, 15) is 14.7 Å². The number of hydrogen-bond acceptors (Lipinski definition) is 5. The molecule has 3 N–H and O–H groups in total. The first-order chi connectivity index (χ1) is 16.5. The van der Waals surface area contributed by atoms with Gasteiger partial charge in [0.15, 0.2) is 6.61 Å². The molecule has 4 aromatic rings. The van der Waals surface area contributed by atoms with Gasteiger partial charge in [-0.25, -0.2) is 4.79 Å². The van der Waals surface area contributed by atoms with Crippen molar-refractivity contribution in [1.82, 2.24) is 10.3 Å². The van der Waals surface area contributed by atoms with Gasteiger partial charge in [-0.05, 0) is 65.9 Å². The monoisotopic (exact) mass is 456 g/mol. The van der Waals surface area contributed by atoms with Crippen molar-refractivity contribution in [1.29, 1.82) is 0 Å². The number of phenols is 1. The van der Waals surface area contributed by atoms with Crippen LogP contribution in [0.1, 0.15) is 22.3 Å². The standard InChI is InChI=1S/C27H24N2O5/c30-24-16-21(12-19-9-5-10-28-26(19)24)20-13-22(15-23(14-20)34-17-25(31)32)27(33)29-11-4-8-18-6-2-1-3-7-18/h1-3,5-7,9-10,12-16,30H,4,8,11,17H2,(H,29,33)(H,31,32). The number of aryl methyl sites for hydroxylation is 1. The Morgan fingerprint density at radius 3 is 2.53 bits per heavy atom. The average Bonchev–Trinajstić information content (AvgIpc) is 2.85. The lowest BCUT2D eigenvalue weighted by Crippen LogP contribution is -2.25. The Hall–Kier alpha value is -4.39. The maximum atomic E-state index is 12.9. The number of amides is 1. The van der Waals surface area contributed by atoms with Gasteiger partial charge in [0.1, 0.15) is 17.0 Å². The zero-order valence-electron chi connectivity index (χ0n) is 18.4. The third-order valence-corrected chi connectivity index (χ3v) is 5.32. The fraction of sp³-hybridized carbons (Fsp3) is 0.148. The number of benzene rings is 3. The molecule has 4 rings (SSSR count). The maximum absolute atomic E-state index is 12.9. The third kappa shape index (κ3) is 5.69. The molecule has 0 aliphatic rings. The van der Waals surface area contributed by atoms with Crippen molar-refractivity contribution in [2.75, 3.05) is 13.2 Å². The van der Waals surface area contributed by atoms with Gasteiger partial charge in [0.25, 0.3) is 5.91 Å². The summed E-state index contributed by atoms with van der Waals surface area (Å²) in [6, 6.07) is 21.9. The lowest BCUT2D eigenvalue weighted by atomic mass is 9.99. The van der Waals surface area contributed by atoms with E-state index in [-0.39, 0.29) is 17.4 Å². The van der Waals surface area contributed by atoms with Gasteiger partial charge < -0.3 is 20.3 Å². The number of aromatic hydroxyl groups is 1. The van der Waals surface area contributed by atoms with E-state index in [4.69, 9.17) is 9.84 Å². The third-order valence-electron chi connectivity index (χ3n) is 5.32. The molecule has 3 aromatic carbocycles. The van der Waals surface area contributed by atoms with E-state index in [0.29, 0.717) is 28.8 Å². The minimum atomic E-state index is -1.12. The first-order valence-electron chi connectivity index (χ1n) is 10.9. The normalized spacial score (nSPS) is 10.7. The average molecular weight is 456 g/mol. The molecule has 0 unspecified atom stereocenters. The summed E-state index contributed by atoms with van der Waals surface area (Å²) in [5.74, 6) is -1.15. The summed E-state index contributed by atoms with van der Waals surface area (Å²) in [5.41, 5.74) is 3.27. The van der Waals surface area contributed by atoms with E-state index in [2.05, 4.69) is 10.3 Å². The highest BCUT2D eigenvalue weighted by molar-refractivity contribution is 5.97. The van der Waals surface area contributed by atoms with Gasteiger partial charge in [-0.2, -0.15) is 0 Å². The van der Waals surface area contributed by atoms with Crippen LogP contribution in [-0.2, 0) is 11.2 Å². The lowest BCUT2D eigenvalue weighted by molar-refractivity contribution is -0.139. The number of phenolic OH excluding ortho intramolecular Hbond substituents is 1. The van der Waals surface area contributed by atoms with Crippen molar-refractivity contribution in [2.45, 2.75) is 12.8 Å². The predicted molar refractivity (Wildman–Crippen MR) is 129 cm³/mol. The summed E-state index contributed by atoms with van der Waals surface area (Å²) >= 11 is 0. The van der Waals surface area contributed by atoms with Crippen molar-refractivity contribution in [3.63, 3.8) is 0 Å². The molecule has 7 nitrogen and oxygen atoms in total. The molecular formula is C27H24N2O5. The smallest absolute Gasteiger partial charge is 0.341 e. The van der Waals surface area contributed by atoms with Crippen molar-refractivity contribution in [3.8, 4) is 22.6 Å². The molecule has 0 bridgehead atoms. The minimum absolute atomic E-state index is 0.0110. The van der Waals surface area contributed by atoms with Gasteiger partial charge in [-0.15, -0.1) is 0 Å². The fourth-order valence-electron chi connectivity index (χ4n) is 3.71. The largest absolute Gasteiger partial charge is 0.506 e. The fourth-order valence-corrected chi connectivity index (χ4v) is 3.71. The number of pyridine rings is 1. The Labute approximate surface area is 196 Å². The number of carbonyl (C=O) groups is 2. The molecule has 1 heterocycles. The van der Waals surface area contributed by atoms with Crippen molar-refractivity contribution in [2.24, 2.45) is 0 Å². The lowest BCUT2D eigenvalue weighted by Gasteiger charge is -2.12. The number of ether oxygens (including phenoxy) is 1. The number of carboxylic acids is 1. The van der Waals surface area contributed by atoms with Crippen LogP contribution in [0, 0.1) is 0 Å². The summed E-state index contributed by atoms with van der Waals surface area (Å²) in [5, 5.41) is 23.1. The summed E-state index contributed by atoms with van der Waals surface area (Å²) < 4.78 is 5.37. The summed E-state index contributed by atoms with van der Waals surface area (Å²) in [7, 11) is 0. The summed E-state index contributed by atoms with van der Waals surface area (Å²) in [6.07, 6.45) is 3.23. The topological polar surface area (TPSA) is 109 Å². The maximum Gasteiger partial charge on any atom is 0.341 e. The van der Waals surface area contributed by atoms with Gasteiger partial charge in [-0.1, -0.05) is 36.4 Å². The van der Waals surface area contributed by atoms with Crippen LogP contribution in [0.25, 0.3) is 22.0 Å². The van der Waals surface area contributed by atoms with E-state index in [1.165, 1.54) is 11.6 Å². The molecule has 34 heavy (non-hydrogen) atoms. The van der Waals surface area contributed by atoms with E-state index in [1.54, 1.807) is 30.5 Å². The molecule has 0 saturated heterocycles. The molecule has 7 heteroatoms. The van der Waals surface area contributed by atoms with Crippen LogP contribution in [0.3, 0.4) is 0 Å². The van der Waals surface area contributed by atoms with Crippen molar-refractivity contribution >= 4 is 22.8 Å². The summed E-state index contributed by atoms with van der Waals surface area (Å²) in [4.78, 5) is 28.0. The molecule has 0 aliphatic heterocycles. The van der Waals surface area contributed by atoms with Gasteiger partial charge in [0.05, 0.1) is 0 Å². The van der Waals surface area contributed by atoms with Crippen LogP contribution in [0.15, 0.2) is 79.0 Å². The van der Waals surface area contributed by atoms with E-state index in [0.717, 1.165) is 18.2 Å². The zero-order chi connectivity index (χ0) is 23.9. The number of carboxylic acid groups (broad SMARTS) is 1. The SMILES string of the molecule is O=C(O)COc1cc(C(=O)NCCCc2ccccc2)cc(-c2cc(O)c3ncccc3c2)c1. The van der Waals surface area contributed by atoms with E-state index in [1.807, 2.05) is 42.5 Å². The highest BCUT2D eigenvalue weighted by atomic mass is 16.5. The number of aliphatic carboxylic acids is 1. The Morgan fingerprint density at radius 2 is 1.74 bits per heavy atom. The van der Waals surface area contributed by atoms with E-state index < -0.39 is 12.6 Å². The number of carbonyl (C=O) groups excluding carboxylic acids is 1. The molecule has 172 valence electrons. The number of nitrogens with zero attached hydrogens (tertiary/aromatic N) is 1. The highest BCUT2D eigenvalue weighted by Gasteiger charge is 2.13. The number of aromatic nitrogens is 1. The Balaban J connectivity index is 1.56. The number of rotatable bonds is 9. The Bertz CT molecular complexity index is 1320. The molecule has 1 aromatic heterocycles. The second-order valence-electron chi connectivity index (χ2n) is 7.84. The van der Waals surface area contributed by atoms with Crippen molar-refractivity contribution < 1.29 is 24.5 Å². The van der Waals surface area contributed by atoms with Crippen LogP contribution in [0.5, 0.6) is 11.5 Å². The number of fused-ring (bicyclic) bond motifs is 1. The molecule has 0 radical (unpaired) electrons. The molecule has 0 fully saturated rings. The van der Waals surface area contributed by atoms with Gasteiger partial charge in [-0.3, -0.25) is 9.78 Å². The quantitative estimate of drug-likeness (QED) is 0.322. The Kier molecular flexibility index (Phi) is 7.03. The van der Waals surface area contributed by atoms with Crippen LogP contribution in [-0.4, -0.2) is 40.2 Å². The zero-order valence-corrected chi connectivity index (χ0v) is 18.4. The molecule has 1 amide bonds.